The number of nitrogens with two attached hydrogens (primary N) is 3. The van der Waals surface area contributed by atoms with Crippen LogP contribution in [-0.2, 0) is 35.6 Å². The minimum atomic E-state index is -4.11. The lowest BCUT2D eigenvalue weighted by molar-refractivity contribution is -0.141. The maximum atomic E-state index is 14.5. The van der Waals surface area contributed by atoms with Crippen molar-refractivity contribution in [1.82, 2.24) is 20.3 Å². The molecule has 4 rings (SSSR count). The molecule has 3 aromatic rings. The molecule has 4 bridgehead atoms. The summed E-state index contributed by atoms with van der Waals surface area (Å²) in [5.74, 6) is -3.07. The summed E-state index contributed by atoms with van der Waals surface area (Å²) < 4.78 is 38.8. The first kappa shape index (κ1) is 47.6. The van der Waals surface area contributed by atoms with E-state index in [1.807, 2.05) is 17.7 Å². The number of carbonyl (C=O) groups is 5. The molecule has 4 atom stereocenters. The van der Waals surface area contributed by atoms with Gasteiger partial charge >= 0.3 is 0 Å². The first-order chi connectivity index (χ1) is 28.5. The van der Waals surface area contributed by atoms with Crippen LogP contribution in [0.5, 0.6) is 11.5 Å². The van der Waals surface area contributed by atoms with Crippen LogP contribution in [0.3, 0.4) is 0 Å². The highest BCUT2D eigenvalue weighted by Gasteiger charge is 2.35. The number of aryl methyl sites for hydroxylation is 2. The second kappa shape index (κ2) is 22.0. The van der Waals surface area contributed by atoms with Gasteiger partial charge in [0.05, 0.1) is 6.04 Å². The maximum Gasteiger partial charge on any atom is 0.252 e. The summed E-state index contributed by atoms with van der Waals surface area (Å²) in [6.45, 7) is 5.87. The van der Waals surface area contributed by atoms with Gasteiger partial charge in [-0.3, -0.25) is 28.7 Å². The van der Waals surface area contributed by atoms with Gasteiger partial charge in [-0.2, -0.15) is 0 Å². The second-order valence-electron chi connectivity index (χ2n) is 14.8. The Morgan fingerprint density at radius 3 is 2.20 bits per heavy atom. The van der Waals surface area contributed by atoms with Crippen LogP contribution in [0.4, 0.5) is 0 Å². The Morgan fingerprint density at radius 1 is 0.933 bits per heavy atom. The van der Waals surface area contributed by atoms with Crippen LogP contribution in [-0.4, -0.2) is 99.9 Å². The van der Waals surface area contributed by atoms with Crippen LogP contribution in [0.15, 0.2) is 54.6 Å². The zero-order valence-electron chi connectivity index (χ0n) is 34.4. The first-order valence-corrected chi connectivity index (χ1v) is 21.9. The fraction of sp³-hybridized carbons (Fsp3) is 0.452. The molecule has 18 heteroatoms. The van der Waals surface area contributed by atoms with E-state index in [2.05, 4.69) is 10.6 Å². The standard InChI is InChI=1S/C42H56ClN7O9S/c1-25-8-11-31(26(2)20-25)40(53)48-34(14-15-44)42(55)50(4)38-29-10-13-37(59-19-17-46)33(23-29)32-22-28(9-12-36(32)58-18-16-45)21-30(39(52)49-60(56,57)24-43)6-5-7-35(51)27(3)47-41(38)54/h8-13,20,22-23,27,30,34,38H,5-7,14-19,21,24,44-46H2,1-4H3,(H,47,54)(H,48,53)(H,49,52)/t27-,30-,34-,38-/m0/s1. The van der Waals surface area contributed by atoms with Gasteiger partial charge in [-0.05, 0) is 100 Å². The van der Waals surface area contributed by atoms with Crippen molar-refractivity contribution < 1.29 is 41.9 Å². The van der Waals surface area contributed by atoms with Crippen molar-refractivity contribution in [1.29, 1.82) is 0 Å². The number of benzene rings is 3. The Morgan fingerprint density at radius 2 is 1.58 bits per heavy atom. The molecule has 0 saturated heterocycles. The van der Waals surface area contributed by atoms with Crippen molar-refractivity contribution >= 4 is 51.0 Å². The molecule has 0 saturated carbocycles. The number of Topliss-reactive ketones (excluding diaryl/α,β-unsaturated/α-hetero) is 1. The number of nitrogens with one attached hydrogen (secondary N) is 3. The lowest BCUT2D eigenvalue weighted by Gasteiger charge is -2.32. The molecule has 0 unspecified atom stereocenters. The lowest BCUT2D eigenvalue weighted by Crippen LogP contribution is -2.52. The van der Waals surface area contributed by atoms with Crippen molar-refractivity contribution in [2.45, 2.75) is 71.0 Å². The summed E-state index contributed by atoms with van der Waals surface area (Å²) in [6, 6.07) is 11.9. The fourth-order valence-corrected chi connectivity index (χ4v) is 7.76. The monoisotopic (exact) mass is 869 g/mol. The van der Waals surface area contributed by atoms with Gasteiger partial charge in [0.2, 0.25) is 27.7 Å². The van der Waals surface area contributed by atoms with Crippen LogP contribution in [0, 0.1) is 19.8 Å². The van der Waals surface area contributed by atoms with Crippen LogP contribution in [0.2, 0.25) is 0 Å². The molecule has 0 radical (unpaired) electrons. The molecule has 16 nitrogen and oxygen atoms in total. The van der Waals surface area contributed by atoms with Crippen molar-refractivity contribution in [3.05, 3.63) is 82.4 Å². The first-order valence-electron chi connectivity index (χ1n) is 19.7. The predicted molar refractivity (Wildman–Crippen MR) is 229 cm³/mol. The van der Waals surface area contributed by atoms with E-state index in [0.29, 0.717) is 39.3 Å². The molecule has 0 fully saturated rings. The van der Waals surface area contributed by atoms with Crippen molar-refractivity contribution in [2.24, 2.45) is 23.1 Å². The molecular weight excluding hydrogens is 814 g/mol. The average Bonchev–Trinajstić information content (AvgIpc) is 3.21. The highest BCUT2D eigenvalue weighted by molar-refractivity contribution is 7.91. The molecule has 9 N–H and O–H groups in total. The van der Waals surface area contributed by atoms with Crippen LogP contribution in [0.1, 0.15) is 71.3 Å². The number of sulfonamides is 1. The molecule has 3 aromatic carbocycles. The third-order valence-corrected chi connectivity index (χ3v) is 11.8. The van der Waals surface area contributed by atoms with Gasteiger partial charge in [-0.15, -0.1) is 11.6 Å². The zero-order chi connectivity index (χ0) is 44.1. The minimum Gasteiger partial charge on any atom is -0.492 e. The van der Waals surface area contributed by atoms with Gasteiger partial charge in [0.1, 0.15) is 42.0 Å². The summed E-state index contributed by atoms with van der Waals surface area (Å²) in [5.41, 5.74) is 21.5. The number of hydrogen-bond acceptors (Lipinski definition) is 12. The van der Waals surface area contributed by atoms with E-state index in [1.54, 1.807) is 55.5 Å². The number of ether oxygens (including phenoxy) is 2. The van der Waals surface area contributed by atoms with E-state index >= 15 is 0 Å². The van der Waals surface area contributed by atoms with E-state index < -0.39 is 62.9 Å². The minimum absolute atomic E-state index is 0.0457. The molecule has 1 aliphatic heterocycles. The summed E-state index contributed by atoms with van der Waals surface area (Å²) in [5, 5.41) is 4.76. The van der Waals surface area contributed by atoms with Crippen LogP contribution < -0.4 is 42.0 Å². The number of fused-ring (bicyclic) bond motifs is 5. The van der Waals surface area contributed by atoms with Gasteiger partial charge in [0.15, 0.2) is 5.78 Å². The molecule has 1 aliphatic rings. The van der Waals surface area contributed by atoms with E-state index in [1.165, 1.54) is 18.9 Å². The number of amides is 4. The Kier molecular flexibility index (Phi) is 17.4. The Balaban J connectivity index is 1.90. The van der Waals surface area contributed by atoms with Gasteiger partial charge in [-0.1, -0.05) is 29.8 Å². The van der Waals surface area contributed by atoms with E-state index in [0.717, 1.165) is 11.1 Å². The van der Waals surface area contributed by atoms with Crippen molar-refractivity contribution in [3.8, 4) is 22.6 Å². The number of nitrogens with zero attached hydrogens (tertiary/aromatic N) is 1. The average molecular weight is 870 g/mol. The molecule has 0 aromatic heterocycles. The van der Waals surface area contributed by atoms with Crippen molar-refractivity contribution in [2.75, 3.05) is 45.1 Å². The van der Waals surface area contributed by atoms with E-state index in [4.69, 9.17) is 38.3 Å². The molecule has 4 amide bonds. The predicted octanol–water partition coefficient (Wildman–Crippen LogP) is 2.35. The van der Waals surface area contributed by atoms with Gasteiger partial charge < -0.3 is 42.2 Å². The normalized spacial score (nSPS) is 17.8. The summed E-state index contributed by atoms with van der Waals surface area (Å²) in [6.07, 6.45) is 0.383. The summed E-state index contributed by atoms with van der Waals surface area (Å²) in [7, 11) is -2.67. The van der Waals surface area contributed by atoms with Gasteiger partial charge in [0.25, 0.3) is 5.91 Å². The SMILES string of the molecule is Cc1ccc(C(=O)N[C@@H](CCN)C(=O)N(C)[C@@H]2C(=O)N[C@@H](C)C(=O)CCC[C@H](C(=O)NS(=O)(=O)CCl)Cc3ccc(OCCN)c(c3)-c3cc2ccc3OCCN)c(C)c1. The number of carbonyl (C=O) groups excluding carboxylic acids is 5. The van der Waals surface area contributed by atoms with Gasteiger partial charge in [-0.25, -0.2) is 8.42 Å². The third kappa shape index (κ3) is 12.5. The molecule has 0 aliphatic carbocycles. The number of rotatable bonds is 15. The second-order valence-corrected chi connectivity index (χ2v) is 17.1. The highest BCUT2D eigenvalue weighted by atomic mass is 35.5. The van der Waals surface area contributed by atoms with Crippen LogP contribution in [0.25, 0.3) is 11.1 Å². The molecule has 326 valence electrons. The van der Waals surface area contributed by atoms with Crippen molar-refractivity contribution in [3.63, 3.8) is 0 Å². The van der Waals surface area contributed by atoms with Crippen LogP contribution >= 0.6 is 11.6 Å². The summed E-state index contributed by atoms with van der Waals surface area (Å²) >= 11 is 5.59. The number of likely N-dealkylation sites (N-methyl/N-ethyl adjacent to an activating group) is 1. The highest BCUT2D eigenvalue weighted by Crippen LogP contribution is 2.40. The Labute approximate surface area is 356 Å². The molecule has 60 heavy (non-hydrogen) atoms. The number of hydrogen-bond donors (Lipinski definition) is 6. The quantitative estimate of drug-likeness (QED) is 0.120. The smallest absolute Gasteiger partial charge is 0.252 e. The Bertz CT molecular complexity index is 2150. The molecular formula is C42H56ClN7O9S. The molecule has 1 heterocycles. The number of alkyl halides is 1. The number of halogens is 1. The largest absolute Gasteiger partial charge is 0.492 e. The van der Waals surface area contributed by atoms with E-state index in [-0.39, 0.29) is 70.7 Å². The molecule has 0 spiro atoms. The maximum absolute atomic E-state index is 14.5. The fourth-order valence-electron chi connectivity index (χ4n) is 7.07. The zero-order valence-corrected chi connectivity index (χ0v) is 36.0. The van der Waals surface area contributed by atoms with E-state index in [9.17, 15) is 32.4 Å². The third-order valence-electron chi connectivity index (χ3n) is 10.1. The lowest BCUT2D eigenvalue weighted by atomic mass is 9.89. The Hall–Kier alpha value is -5.07. The number of ketones is 1. The van der Waals surface area contributed by atoms with Gasteiger partial charge in [0, 0.05) is 49.2 Å². The summed E-state index contributed by atoms with van der Waals surface area (Å²) in [4.78, 5) is 70.6. The topological polar surface area (TPSA) is 255 Å².